The molecule has 3 saturated heterocycles. The maximum Gasteiger partial charge on any atom is 0.280 e. The van der Waals surface area contributed by atoms with Crippen LogP contribution in [-0.4, -0.2) is 81.1 Å². The van der Waals surface area contributed by atoms with Gasteiger partial charge in [0.1, 0.15) is 18.3 Å². The molecule has 13 nitrogen and oxygen atoms in total. The summed E-state index contributed by atoms with van der Waals surface area (Å²) in [6.07, 6.45) is 0.528. The molecule has 204 valence electrons. The van der Waals surface area contributed by atoms with Gasteiger partial charge in [-0.05, 0) is 38.5 Å². The monoisotopic (exact) mass is 521 g/mol. The summed E-state index contributed by atoms with van der Waals surface area (Å²) in [6, 6.07) is 0. The van der Waals surface area contributed by atoms with Gasteiger partial charge in [-0.25, -0.2) is 4.98 Å². The van der Waals surface area contributed by atoms with E-state index in [4.69, 9.17) is 29.4 Å². The highest BCUT2D eigenvalue weighted by atomic mass is 16.7. The first-order valence-electron chi connectivity index (χ1n) is 13.0. The molecule has 0 saturated carbocycles. The normalized spacial score (nSPS) is 30.8. The number of fused-ring (bicyclic) bond motifs is 1. The number of hydrogen-bond acceptors (Lipinski definition) is 11. The standard InChI is InChI=1S/C24H35N5O8/c1-12(2)17(30)21-26-16-20(27-24(25)28-22(16)32)29(21)23-18(31)19(37-15-8-4-6-10-34-15)13(36-23)11-35-14-7-3-5-9-33-14/h12-15,18-19,23,31H,3-11H2,1-2H3,(H3,25,27,28,32)/t13-,14?,15?,18+,19-,23-/m1/s1. The first-order valence-corrected chi connectivity index (χ1v) is 13.0. The number of nitrogens with two attached hydrogens (primary N) is 1. The summed E-state index contributed by atoms with van der Waals surface area (Å²) >= 11 is 0. The first-order chi connectivity index (χ1) is 17.8. The molecule has 2 unspecified atom stereocenters. The zero-order valence-electron chi connectivity index (χ0n) is 21.1. The molecule has 2 aromatic rings. The van der Waals surface area contributed by atoms with Crippen LogP contribution in [0.2, 0.25) is 0 Å². The van der Waals surface area contributed by atoms with Crippen LogP contribution >= 0.6 is 0 Å². The Kier molecular flexibility index (Phi) is 7.88. The largest absolute Gasteiger partial charge is 0.386 e. The van der Waals surface area contributed by atoms with E-state index in [0.29, 0.717) is 19.6 Å². The fourth-order valence-electron chi connectivity index (χ4n) is 4.95. The highest BCUT2D eigenvalue weighted by Gasteiger charge is 2.49. The third kappa shape index (κ3) is 5.42. The number of aromatic amines is 1. The molecular weight excluding hydrogens is 486 g/mol. The Bertz CT molecular complexity index is 1150. The van der Waals surface area contributed by atoms with Gasteiger partial charge in [0.25, 0.3) is 5.56 Å². The second-order valence-corrected chi connectivity index (χ2v) is 10.0. The van der Waals surface area contributed by atoms with Crippen LogP contribution in [0.3, 0.4) is 0 Å². The van der Waals surface area contributed by atoms with Gasteiger partial charge in [0.15, 0.2) is 35.8 Å². The molecule has 3 aliphatic rings. The molecule has 0 aromatic carbocycles. The molecule has 0 amide bonds. The maximum absolute atomic E-state index is 13.1. The number of ether oxygens (including phenoxy) is 5. The van der Waals surface area contributed by atoms with Crippen LogP contribution in [-0.2, 0) is 23.7 Å². The van der Waals surface area contributed by atoms with E-state index in [0.717, 1.165) is 32.1 Å². The van der Waals surface area contributed by atoms with Gasteiger partial charge in [0.2, 0.25) is 11.7 Å². The number of H-pyrrole nitrogens is 1. The lowest BCUT2D eigenvalue weighted by molar-refractivity contribution is -0.223. The quantitative estimate of drug-likeness (QED) is 0.427. The Labute approximate surface area is 213 Å². The molecule has 13 heteroatoms. The van der Waals surface area contributed by atoms with Gasteiger partial charge in [0, 0.05) is 19.1 Å². The number of rotatable bonds is 8. The second-order valence-electron chi connectivity index (χ2n) is 10.0. The van der Waals surface area contributed by atoms with Gasteiger partial charge in [-0.1, -0.05) is 13.8 Å². The number of carbonyl (C=O) groups is 1. The molecule has 2 aromatic heterocycles. The van der Waals surface area contributed by atoms with E-state index in [2.05, 4.69) is 15.0 Å². The third-order valence-corrected chi connectivity index (χ3v) is 6.91. The summed E-state index contributed by atoms with van der Waals surface area (Å²) in [5.41, 5.74) is 5.19. The molecule has 4 N–H and O–H groups in total. The molecule has 6 atom stereocenters. The summed E-state index contributed by atoms with van der Waals surface area (Å²) in [5, 5.41) is 11.5. The van der Waals surface area contributed by atoms with E-state index in [1.807, 2.05) is 0 Å². The Morgan fingerprint density at radius 2 is 1.86 bits per heavy atom. The maximum atomic E-state index is 13.1. The van der Waals surface area contributed by atoms with Gasteiger partial charge >= 0.3 is 0 Å². The number of ketones is 1. The van der Waals surface area contributed by atoms with Crippen molar-refractivity contribution in [2.45, 2.75) is 89.5 Å². The summed E-state index contributed by atoms with van der Waals surface area (Å²) in [7, 11) is 0. The number of carbonyl (C=O) groups excluding carboxylic acids is 1. The number of aliphatic hydroxyl groups is 1. The summed E-state index contributed by atoms with van der Waals surface area (Å²) in [6.45, 7) is 4.72. The number of nitrogens with one attached hydrogen (secondary N) is 1. The van der Waals surface area contributed by atoms with Crippen molar-refractivity contribution < 1.29 is 33.6 Å². The van der Waals surface area contributed by atoms with E-state index < -0.39 is 42.3 Å². The highest BCUT2D eigenvalue weighted by molar-refractivity contribution is 5.97. The number of hydrogen-bond donors (Lipinski definition) is 3. The van der Waals surface area contributed by atoms with Crippen LogP contribution in [0.15, 0.2) is 4.79 Å². The van der Waals surface area contributed by atoms with Crippen molar-refractivity contribution >= 4 is 22.9 Å². The lowest BCUT2D eigenvalue weighted by Crippen LogP contribution is -2.42. The second kappa shape index (κ2) is 11.1. The van der Waals surface area contributed by atoms with E-state index >= 15 is 0 Å². The van der Waals surface area contributed by atoms with Crippen molar-refractivity contribution in [2.24, 2.45) is 5.92 Å². The van der Waals surface area contributed by atoms with Gasteiger partial charge in [-0.3, -0.25) is 19.1 Å². The van der Waals surface area contributed by atoms with Crippen molar-refractivity contribution in [2.75, 3.05) is 25.6 Å². The van der Waals surface area contributed by atoms with Crippen molar-refractivity contribution in [1.29, 1.82) is 0 Å². The Balaban J connectivity index is 1.49. The number of nitrogens with zero attached hydrogens (tertiary/aromatic N) is 3. The van der Waals surface area contributed by atoms with E-state index in [1.54, 1.807) is 13.8 Å². The van der Waals surface area contributed by atoms with E-state index in [-0.39, 0.29) is 41.6 Å². The average molecular weight is 522 g/mol. The van der Waals surface area contributed by atoms with Crippen molar-refractivity contribution in [3.05, 3.63) is 16.2 Å². The van der Waals surface area contributed by atoms with Gasteiger partial charge in [-0.2, -0.15) is 4.98 Å². The molecule has 0 aliphatic carbocycles. The number of imidazole rings is 1. The molecule has 0 spiro atoms. The number of anilines is 1. The molecule has 0 radical (unpaired) electrons. The van der Waals surface area contributed by atoms with Crippen molar-refractivity contribution in [1.82, 2.24) is 19.5 Å². The van der Waals surface area contributed by atoms with Crippen LogP contribution in [0.25, 0.3) is 11.2 Å². The first kappa shape index (κ1) is 26.2. The predicted octanol–water partition coefficient (Wildman–Crippen LogP) is 1.25. The minimum absolute atomic E-state index is 0.0409. The molecule has 37 heavy (non-hydrogen) atoms. The Morgan fingerprint density at radius 3 is 2.51 bits per heavy atom. The van der Waals surface area contributed by atoms with Crippen LogP contribution < -0.4 is 11.3 Å². The topological polar surface area (TPSA) is 173 Å². The molecule has 3 aliphatic heterocycles. The third-order valence-electron chi connectivity index (χ3n) is 6.91. The molecule has 5 rings (SSSR count). The number of aromatic nitrogens is 4. The van der Waals surface area contributed by atoms with Gasteiger partial charge in [0.05, 0.1) is 6.61 Å². The summed E-state index contributed by atoms with van der Waals surface area (Å²) < 4.78 is 31.3. The summed E-state index contributed by atoms with van der Waals surface area (Å²) in [4.78, 5) is 36.6. The van der Waals surface area contributed by atoms with Crippen LogP contribution in [0.4, 0.5) is 5.95 Å². The SMILES string of the molecule is CC(C)C(=O)c1nc2c(=O)[nH]c(N)nc2n1[C@@H]1O[C@H](COC2CCCCO2)[C@@H](OC2CCCCO2)[C@@H]1O. The van der Waals surface area contributed by atoms with Crippen LogP contribution in [0, 0.1) is 5.92 Å². The van der Waals surface area contributed by atoms with Crippen molar-refractivity contribution in [3.8, 4) is 0 Å². The van der Waals surface area contributed by atoms with Crippen molar-refractivity contribution in [3.63, 3.8) is 0 Å². The number of Topliss-reactive ketones (excluding diaryl/α,β-unsaturated/α-hetero) is 1. The Morgan fingerprint density at radius 1 is 1.16 bits per heavy atom. The predicted molar refractivity (Wildman–Crippen MR) is 130 cm³/mol. The zero-order chi connectivity index (χ0) is 26.1. The van der Waals surface area contributed by atoms with Crippen LogP contribution in [0.1, 0.15) is 69.2 Å². The zero-order valence-corrected chi connectivity index (χ0v) is 21.1. The highest BCUT2D eigenvalue weighted by Crippen LogP contribution is 2.36. The molecule has 5 heterocycles. The van der Waals surface area contributed by atoms with E-state index in [1.165, 1.54) is 4.57 Å². The Hall–Kier alpha value is -2.42. The van der Waals surface area contributed by atoms with E-state index in [9.17, 15) is 14.7 Å². The number of aliphatic hydroxyl groups excluding tert-OH is 1. The molecule has 3 fully saturated rings. The smallest absolute Gasteiger partial charge is 0.280 e. The lowest BCUT2D eigenvalue weighted by atomic mass is 10.1. The minimum Gasteiger partial charge on any atom is -0.386 e. The summed E-state index contributed by atoms with van der Waals surface area (Å²) in [5.74, 6) is -0.971. The molecular formula is C24H35N5O8. The minimum atomic E-state index is -1.25. The van der Waals surface area contributed by atoms with Crippen LogP contribution in [0.5, 0.6) is 0 Å². The van der Waals surface area contributed by atoms with Gasteiger partial charge < -0.3 is 34.5 Å². The fourth-order valence-corrected chi connectivity index (χ4v) is 4.95. The van der Waals surface area contributed by atoms with Gasteiger partial charge in [-0.15, -0.1) is 0 Å². The fraction of sp³-hybridized carbons (Fsp3) is 0.750. The average Bonchev–Trinajstić information content (AvgIpc) is 3.41. The number of nitrogen functional groups attached to an aromatic ring is 1. The molecule has 0 bridgehead atoms. The lowest BCUT2D eigenvalue weighted by Gasteiger charge is -2.30.